The van der Waals surface area contributed by atoms with E-state index in [4.69, 9.17) is 0 Å². The molecule has 0 bridgehead atoms. The van der Waals surface area contributed by atoms with Crippen molar-refractivity contribution in [1.82, 2.24) is 10.2 Å². The normalized spacial score (nSPS) is 11.7. The summed E-state index contributed by atoms with van der Waals surface area (Å²) >= 11 is 1.45. The van der Waals surface area contributed by atoms with E-state index in [2.05, 4.69) is 29.4 Å². The van der Waals surface area contributed by atoms with Crippen molar-refractivity contribution in [2.45, 2.75) is 39.5 Å². The summed E-state index contributed by atoms with van der Waals surface area (Å²) in [5, 5.41) is 12.6. The van der Waals surface area contributed by atoms with Crippen LogP contribution in [0, 0.1) is 5.92 Å². The zero-order valence-electron chi connectivity index (χ0n) is 12.9. The number of carbonyl (C=O) groups excluding carboxylic acids is 1. The van der Waals surface area contributed by atoms with Crippen LogP contribution in [0.5, 0.6) is 0 Å². The van der Waals surface area contributed by atoms with E-state index in [1.54, 1.807) is 0 Å². The zero-order chi connectivity index (χ0) is 15.5. The molecule has 0 aliphatic heterocycles. The number of amides is 1. The summed E-state index contributed by atoms with van der Waals surface area (Å²) in [7, 11) is 0. The number of nitrogens with zero attached hydrogens (tertiary/aromatic N) is 2. The van der Waals surface area contributed by atoms with Gasteiger partial charge in [0, 0.05) is 6.42 Å². The lowest BCUT2D eigenvalue weighted by atomic mass is 9.84. The molecule has 5 heteroatoms. The highest BCUT2D eigenvalue weighted by Gasteiger charge is 2.30. The first-order valence-electron chi connectivity index (χ1n) is 7.09. The molecule has 0 saturated carbocycles. The molecule has 112 valence electrons. The third kappa shape index (κ3) is 3.88. The Hall–Kier alpha value is -1.75. The molecule has 0 spiro atoms. The second-order valence-corrected chi connectivity index (χ2v) is 7.11. The molecule has 1 amide bonds. The molecule has 1 aromatic carbocycles. The van der Waals surface area contributed by atoms with Crippen LogP contribution < -0.4 is 5.32 Å². The van der Waals surface area contributed by atoms with Crippen LogP contribution in [0.25, 0.3) is 0 Å². The van der Waals surface area contributed by atoms with Gasteiger partial charge in [0.1, 0.15) is 5.01 Å². The maximum absolute atomic E-state index is 12.5. The topological polar surface area (TPSA) is 54.9 Å². The van der Waals surface area contributed by atoms with E-state index in [1.165, 1.54) is 11.3 Å². The number of carbonyl (C=O) groups is 1. The molecule has 2 aromatic rings. The van der Waals surface area contributed by atoms with Gasteiger partial charge >= 0.3 is 0 Å². The van der Waals surface area contributed by atoms with Crippen molar-refractivity contribution in [1.29, 1.82) is 0 Å². The molecule has 0 aliphatic rings. The molecule has 1 aromatic heterocycles. The van der Waals surface area contributed by atoms with E-state index in [-0.39, 0.29) is 5.91 Å². The van der Waals surface area contributed by atoms with E-state index in [0.29, 0.717) is 11.0 Å². The third-order valence-corrected chi connectivity index (χ3v) is 4.19. The van der Waals surface area contributed by atoms with Gasteiger partial charge in [-0.1, -0.05) is 55.5 Å². The quantitative estimate of drug-likeness (QED) is 0.917. The Balaban J connectivity index is 2.09. The molecule has 1 N–H and O–H groups in total. The Morgan fingerprint density at radius 2 is 1.90 bits per heavy atom. The first-order chi connectivity index (χ1) is 9.89. The van der Waals surface area contributed by atoms with Gasteiger partial charge in [-0.05, 0) is 25.3 Å². The minimum Gasteiger partial charge on any atom is -0.300 e. The van der Waals surface area contributed by atoms with Gasteiger partial charge in [-0.3, -0.25) is 10.1 Å². The van der Waals surface area contributed by atoms with Crippen LogP contribution in [0.2, 0.25) is 0 Å². The average molecular weight is 303 g/mol. The summed E-state index contributed by atoms with van der Waals surface area (Å²) in [5.41, 5.74) is 0.375. The van der Waals surface area contributed by atoms with Crippen LogP contribution in [-0.2, 0) is 16.6 Å². The van der Waals surface area contributed by atoms with Crippen LogP contribution in [0.4, 0.5) is 5.13 Å². The summed E-state index contributed by atoms with van der Waals surface area (Å²) < 4.78 is 0. The molecule has 0 atom stereocenters. The average Bonchev–Trinajstić information content (AvgIpc) is 2.86. The molecular weight excluding hydrogens is 282 g/mol. The Kier molecular flexibility index (Phi) is 4.73. The Morgan fingerprint density at radius 3 is 2.52 bits per heavy atom. The lowest BCUT2D eigenvalue weighted by Gasteiger charge is -2.23. The monoisotopic (exact) mass is 303 g/mol. The van der Waals surface area contributed by atoms with Gasteiger partial charge in [-0.2, -0.15) is 0 Å². The maximum Gasteiger partial charge on any atom is 0.236 e. The predicted molar refractivity (Wildman–Crippen MR) is 86.5 cm³/mol. The lowest BCUT2D eigenvalue weighted by molar-refractivity contribution is -0.120. The Bertz CT molecular complexity index is 605. The van der Waals surface area contributed by atoms with Crippen molar-refractivity contribution in [2.24, 2.45) is 5.92 Å². The van der Waals surface area contributed by atoms with Crippen LogP contribution >= 0.6 is 11.3 Å². The maximum atomic E-state index is 12.5. The number of anilines is 1. The number of benzene rings is 1. The standard InChI is InChI=1S/C16H21N3OS/c1-11(2)10-13-18-19-15(21-13)17-14(20)16(3,4)12-8-6-5-7-9-12/h5-9,11H,10H2,1-4H3,(H,17,19,20). The Labute approximate surface area is 129 Å². The summed E-state index contributed by atoms with van der Waals surface area (Å²) in [6.07, 6.45) is 0.885. The number of aromatic nitrogens is 2. The van der Waals surface area contributed by atoms with Gasteiger partial charge in [0.25, 0.3) is 0 Å². The van der Waals surface area contributed by atoms with Crippen LogP contribution in [0.3, 0.4) is 0 Å². The van der Waals surface area contributed by atoms with E-state index < -0.39 is 5.41 Å². The fourth-order valence-electron chi connectivity index (χ4n) is 1.98. The van der Waals surface area contributed by atoms with Gasteiger partial charge in [0.05, 0.1) is 5.41 Å². The van der Waals surface area contributed by atoms with Crippen molar-refractivity contribution >= 4 is 22.4 Å². The van der Waals surface area contributed by atoms with E-state index >= 15 is 0 Å². The highest BCUT2D eigenvalue weighted by atomic mass is 32.1. The minimum atomic E-state index is -0.606. The number of hydrogen-bond acceptors (Lipinski definition) is 4. The van der Waals surface area contributed by atoms with Crippen molar-refractivity contribution in [2.75, 3.05) is 5.32 Å². The van der Waals surface area contributed by atoms with Crippen LogP contribution in [0.1, 0.15) is 38.3 Å². The molecular formula is C16H21N3OS. The fourth-order valence-corrected chi connectivity index (χ4v) is 2.92. The largest absolute Gasteiger partial charge is 0.300 e. The SMILES string of the molecule is CC(C)Cc1nnc(NC(=O)C(C)(C)c2ccccc2)s1. The smallest absolute Gasteiger partial charge is 0.236 e. The van der Waals surface area contributed by atoms with Gasteiger partial charge < -0.3 is 0 Å². The van der Waals surface area contributed by atoms with Gasteiger partial charge in [0.2, 0.25) is 11.0 Å². The molecule has 0 unspecified atom stereocenters. The summed E-state index contributed by atoms with van der Waals surface area (Å²) in [6.45, 7) is 8.10. The summed E-state index contributed by atoms with van der Waals surface area (Å²) in [5.74, 6) is 0.461. The highest BCUT2D eigenvalue weighted by Crippen LogP contribution is 2.26. The van der Waals surface area contributed by atoms with E-state index in [1.807, 2.05) is 44.2 Å². The number of rotatable bonds is 5. The van der Waals surface area contributed by atoms with Gasteiger partial charge in [-0.25, -0.2) is 0 Å². The molecule has 0 saturated heterocycles. The molecule has 2 rings (SSSR count). The first kappa shape index (κ1) is 15.6. The predicted octanol–water partition coefficient (Wildman–Crippen LogP) is 3.65. The van der Waals surface area contributed by atoms with Crippen molar-refractivity contribution in [3.05, 3.63) is 40.9 Å². The molecule has 21 heavy (non-hydrogen) atoms. The Morgan fingerprint density at radius 1 is 1.24 bits per heavy atom. The van der Waals surface area contributed by atoms with Crippen LogP contribution in [-0.4, -0.2) is 16.1 Å². The molecule has 4 nitrogen and oxygen atoms in total. The van der Waals surface area contributed by atoms with Gasteiger partial charge in [0.15, 0.2) is 0 Å². The van der Waals surface area contributed by atoms with Crippen molar-refractivity contribution < 1.29 is 4.79 Å². The third-order valence-electron chi connectivity index (χ3n) is 3.33. The second kappa shape index (κ2) is 6.35. The molecule has 0 fully saturated rings. The summed E-state index contributed by atoms with van der Waals surface area (Å²) in [4.78, 5) is 12.5. The van der Waals surface area contributed by atoms with Crippen molar-refractivity contribution in [3.63, 3.8) is 0 Å². The lowest BCUT2D eigenvalue weighted by Crippen LogP contribution is -2.34. The molecule has 1 heterocycles. The number of nitrogens with one attached hydrogen (secondary N) is 1. The molecule has 0 radical (unpaired) electrons. The summed E-state index contributed by atoms with van der Waals surface area (Å²) in [6, 6.07) is 9.75. The van der Waals surface area contributed by atoms with E-state index in [0.717, 1.165) is 17.0 Å². The van der Waals surface area contributed by atoms with Gasteiger partial charge in [-0.15, -0.1) is 10.2 Å². The second-order valence-electron chi connectivity index (χ2n) is 6.04. The van der Waals surface area contributed by atoms with Crippen LogP contribution in [0.15, 0.2) is 30.3 Å². The fraction of sp³-hybridized carbons (Fsp3) is 0.438. The zero-order valence-corrected chi connectivity index (χ0v) is 13.7. The minimum absolute atomic E-state index is 0.0686. The highest BCUT2D eigenvalue weighted by molar-refractivity contribution is 7.15. The number of hydrogen-bond donors (Lipinski definition) is 1. The van der Waals surface area contributed by atoms with E-state index in [9.17, 15) is 4.79 Å². The molecule has 0 aliphatic carbocycles. The first-order valence-corrected chi connectivity index (χ1v) is 7.90. The van der Waals surface area contributed by atoms with Crippen molar-refractivity contribution in [3.8, 4) is 0 Å².